The molecule has 0 aliphatic rings. The third kappa shape index (κ3) is 4.04. The summed E-state index contributed by atoms with van der Waals surface area (Å²) >= 11 is 0. The lowest BCUT2D eigenvalue weighted by molar-refractivity contribution is 0.0785. The lowest BCUT2D eigenvalue weighted by atomic mass is 10.4. The average molecular weight is 238 g/mol. The molecule has 0 amide bonds. The summed E-state index contributed by atoms with van der Waals surface area (Å²) in [7, 11) is -1.04. The quantitative estimate of drug-likeness (QED) is 0.625. The first-order valence-electron chi connectivity index (χ1n) is 5.23. The van der Waals surface area contributed by atoms with Gasteiger partial charge in [-0.15, -0.1) is 0 Å². The minimum absolute atomic E-state index is 0.258. The summed E-state index contributed by atoms with van der Waals surface area (Å²) < 4.78 is 7.03. The van der Waals surface area contributed by atoms with Gasteiger partial charge in [-0.25, -0.2) is 4.68 Å². The van der Waals surface area contributed by atoms with E-state index in [0.717, 1.165) is 12.7 Å². The van der Waals surface area contributed by atoms with Gasteiger partial charge in [-0.3, -0.25) is 0 Å². The molecule has 1 aromatic rings. The number of nitriles is 1. The number of nitrogen functional groups attached to an aromatic ring is 1. The van der Waals surface area contributed by atoms with Gasteiger partial charge in [0.2, 0.25) is 0 Å². The normalized spacial score (nSPS) is 11.4. The molecule has 6 heteroatoms. The zero-order chi connectivity index (χ0) is 12.2. The van der Waals surface area contributed by atoms with Crippen molar-refractivity contribution in [3.63, 3.8) is 0 Å². The highest BCUT2D eigenvalue weighted by molar-refractivity contribution is 6.76. The molecule has 1 rings (SSSR count). The van der Waals surface area contributed by atoms with Gasteiger partial charge in [0, 0.05) is 14.7 Å². The van der Waals surface area contributed by atoms with E-state index in [1.165, 1.54) is 0 Å². The van der Waals surface area contributed by atoms with Gasteiger partial charge in [-0.1, -0.05) is 19.6 Å². The molecule has 0 atom stereocenters. The lowest BCUT2D eigenvalue weighted by Crippen LogP contribution is -2.22. The highest BCUT2D eigenvalue weighted by atomic mass is 28.3. The van der Waals surface area contributed by atoms with Crippen molar-refractivity contribution in [3.8, 4) is 6.07 Å². The van der Waals surface area contributed by atoms with Crippen molar-refractivity contribution in [2.45, 2.75) is 32.4 Å². The number of ether oxygens (including phenoxy) is 1. The molecule has 0 saturated heterocycles. The summed E-state index contributed by atoms with van der Waals surface area (Å²) in [6.45, 7) is 8.00. The Hall–Kier alpha value is -1.32. The number of aromatic nitrogens is 2. The highest BCUT2D eigenvalue weighted by Crippen LogP contribution is 2.09. The Morgan fingerprint density at radius 1 is 1.56 bits per heavy atom. The SMILES string of the molecule is C[Si](C)(C)CCOCn1cc(N)c(C#N)n1. The predicted molar refractivity (Wildman–Crippen MR) is 65.5 cm³/mol. The maximum absolute atomic E-state index is 8.67. The molecule has 5 nitrogen and oxygen atoms in total. The van der Waals surface area contributed by atoms with Crippen LogP contribution < -0.4 is 5.73 Å². The van der Waals surface area contributed by atoms with Crippen molar-refractivity contribution in [3.05, 3.63) is 11.9 Å². The third-order valence-electron chi connectivity index (χ3n) is 2.12. The first kappa shape index (κ1) is 12.7. The molecule has 0 radical (unpaired) electrons. The van der Waals surface area contributed by atoms with Gasteiger partial charge >= 0.3 is 0 Å². The van der Waals surface area contributed by atoms with Crippen molar-refractivity contribution in [2.24, 2.45) is 0 Å². The van der Waals surface area contributed by atoms with Crippen LogP contribution >= 0.6 is 0 Å². The standard InChI is InChI=1S/C10H18N4OSi/c1-16(2,3)5-4-15-8-14-7-9(12)10(6-11)13-14/h7H,4-5,8,12H2,1-3H3. The molecule has 0 unspecified atom stereocenters. The maximum Gasteiger partial charge on any atom is 0.185 e. The molecule has 16 heavy (non-hydrogen) atoms. The number of anilines is 1. The van der Waals surface area contributed by atoms with Gasteiger partial charge in [-0.2, -0.15) is 10.4 Å². The van der Waals surface area contributed by atoms with Crippen molar-refractivity contribution >= 4 is 13.8 Å². The second-order valence-corrected chi connectivity index (χ2v) is 10.6. The van der Waals surface area contributed by atoms with E-state index >= 15 is 0 Å². The first-order valence-corrected chi connectivity index (χ1v) is 8.94. The Bertz CT molecular complexity index is 389. The summed E-state index contributed by atoms with van der Waals surface area (Å²) in [5.41, 5.74) is 6.23. The molecule has 0 fully saturated rings. The highest BCUT2D eigenvalue weighted by Gasteiger charge is 2.12. The van der Waals surface area contributed by atoms with E-state index in [4.69, 9.17) is 15.7 Å². The predicted octanol–water partition coefficient (Wildman–Crippen LogP) is 1.65. The van der Waals surface area contributed by atoms with Crippen LogP contribution in [0.15, 0.2) is 6.20 Å². The molecular formula is C10H18N4OSi. The van der Waals surface area contributed by atoms with E-state index in [9.17, 15) is 0 Å². The number of hydrogen-bond donors (Lipinski definition) is 1. The van der Waals surface area contributed by atoms with E-state index in [0.29, 0.717) is 12.4 Å². The number of nitrogens with zero attached hydrogens (tertiary/aromatic N) is 3. The van der Waals surface area contributed by atoms with Crippen LogP contribution in [0.4, 0.5) is 5.69 Å². The van der Waals surface area contributed by atoms with E-state index in [1.807, 2.05) is 6.07 Å². The number of rotatable bonds is 5. The van der Waals surface area contributed by atoms with E-state index in [1.54, 1.807) is 10.9 Å². The zero-order valence-corrected chi connectivity index (χ0v) is 11.0. The second kappa shape index (κ2) is 5.14. The van der Waals surface area contributed by atoms with Crippen LogP contribution in [-0.4, -0.2) is 24.5 Å². The molecule has 1 aromatic heterocycles. The fourth-order valence-corrected chi connectivity index (χ4v) is 1.88. The smallest absolute Gasteiger partial charge is 0.185 e. The van der Waals surface area contributed by atoms with Crippen LogP contribution in [0.5, 0.6) is 0 Å². The number of nitrogens with two attached hydrogens (primary N) is 1. The third-order valence-corrected chi connectivity index (χ3v) is 3.82. The molecule has 0 aliphatic carbocycles. The molecule has 0 spiro atoms. The van der Waals surface area contributed by atoms with Gasteiger partial charge in [0.05, 0.1) is 11.9 Å². The van der Waals surface area contributed by atoms with Crippen molar-refractivity contribution < 1.29 is 4.74 Å². The fourth-order valence-electron chi connectivity index (χ4n) is 1.13. The minimum Gasteiger partial charge on any atom is -0.395 e. The zero-order valence-electron chi connectivity index (χ0n) is 10.0. The largest absolute Gasteiger partial charge is 0.395 e. The van der Waals surface area contributed by atoms with Gasteiger partial charge in [0.15, 0.2) is 5.69 Å². The van der Waals surface area contributed by atoms with Gasteiger partial charge in [0.25, 0.3) is 0 Å². The molecule has 0 aliphatic heterocycles. The number of hydrogen-bond acceptors (Lipinski definition) is 4. The molecular weight excluding hydrogens is 220 g/mol. The Morgan fingerprint density at radius 2 is 2.25 bits per heavy atom. The molecule has 2 N–H and O–H groups in total. The molecule has 0 aromatic carbocycles. The Labute approximate surface area is 96.8 Å². The molecule has 0 bridgehead atoms. The molecule has 1 heterocycles. The topological polar surface area (TPSA) is 76.9 Å². The Morgan fingerprint density at radius 3 is 2.75 bits per heavy atom. The van der Waals surface area contributed by atoms with Crippen LogP contribution in [0.2, 0.25) is 25.7 Å². The van der Waals surface area contributed by atoms with Gasteiger partial charge < -0.3 is 10.5 Å². The maximum atomic E-state index is 8.67. The molecule has 88 valence electrons. The monoisotopic (exact) mass is 238 g/mol. The van der Waals surface area contributed by atoms with Crippen LogP contribution in [0.25, 0.3) is 0 Å². The van der Waals surface area contributed by atoms with Crippen molar-refractivity contribution in [1.29, 1.82) is 5.26 Å². The fraction of sp³-hybridized carbons (Fsp3) is 0.600. The summed E-state index contributed by atoms with van der Waals surface area (Å²) in [6.07, 6.45) is 1.62. The lowest BCUT2D eigenvalue weighted by Gasteiger charge is -2.15. The Balaban J connectivity index is 2.36. The van der Waals surface area contributed by atoms with Gasteiger partial charge in [-0.05, 0) is 6.04 Å². The summed E-state index contributed by atoms with van der Waals surface area (Å²) in [5, 5.41) is 12.6. The minimum atomic E-state index is -1.04. The van der Waals surface area contributed by atoms with Crippen LogP contribution in [-0.2, 0) is 11.5 Å². The summed E-state index contributed by atoms with van der Waals surface area (Å²) in [6, 6.07) is 3.04. The van der Waals surface area contributed by atoms with E-state index in [-0.39, 0.29) is 5.69 Å². The average Bonchev–Trinajstić information content (AvgIpc) is 2.52. The van der Waals surface area contributed by atoms with Crippen molar-refractivity contribution in [2.75, 3.05) is 12.3 Å². The van der Waals surface area contributed by atoms with Crippen LogP contribution in [0.1, 0.15) is 5.69 Å². The molecule has 0 saturated carbocycles. The van der Waals surface area contributed by atoms with Crippen LogP contribution in [0.3, 0.4) is 0 Å². The Kier molecular flexibility index (Phi) is 4.10. The van der Waals surface area contributed by atoms with Gasteiger partial charge in [0.1, 0.15) is 12.8 Å². The van der Waals surface area contributed by atoms with Crippen molar-refractivity contribution in [1.82, 2.24) is 9.78 Å². The summed E-state index contributed by atoms with van der Waals surface area (Å²) in [5.74, 6) is 0. The van der Waals surface area contributed by atoms with E-state index in [2.05, 4.69) is 24.7 Å². The van der Waals surface area contributed by atoms with Crippen LogP contribution in [0, 0.1) is 11.3 Å². The van der Waals surface area contributed by atoms with E-state index < -0.39 is 8.07 Å². The second-order valence-electron chi connectivity index (χ2n) is 4.93. The summed E-state index contributed by atoms with van der Waals surface area (Å²) in [4.78, 5) is 0. The first-order chi connectivity index (χ1) is 7.42.